The molecule has 1 saturated heterocycles. The minimum Gasteiger partial charge on any atom is -0.444 e. The Morgan fingerprint density at radius 3 is 2.57 bits per heavy atom. The molecule has 3 aliphatic heterocycles. The molecular weight excluding hydrogens is 613 g/mol. The number of benzene rings is 1. The number of urea groups is 1. The SMILES string of the molecule is O=C1C[C@]2(C(=O)CS(=O)(=O)C3CC3)C[C@H]2/C=C\CCCCCN(C2CC2)C(=O)N2CC(OC(=O)N3Cc4cccc(F)c4C3)C[C@@H]12. The van der Waals surface area contributed by atoms with E-state index in [1.54, 1.807) is 12.1 Å². The molecule has 3 heterocycles. The molecule has 1 aromatic rings. The molecule has 0 radical (unpaired) electrons. The van der Waals surface area contributed by atoms with Gasteiger partial charge in [0.2, 0.25) is 0 Å². The second-order valence-corrected chi connectivity index (χ2v) is 16.4. The number of carbonyl (C=O) groups is 4. The van der Waals surface area contributed by atoms with Gasteiger partial charge in [-0.2, -0.15) is 0 Å². The number of rotatable bonds is 6. The van der Waals surface area contributed by atoms with Crippen molar-refractivity contribution in [1.82, 2.24) is 14.7 Å². The minimum absolute atomic E-state index is 0.0414. The molecule has 3 amide bonds. The van der Waals surface area contributed by atoms with Crippen molar-refractivity contribution >= 4 is 33.5 Å². The molecule has 6 aliphatic rings. The number of halogens is 1. The molecule has 7 rings (SSSR count). The molecule has 0 bridgehead atoms. The first-order valence-electron chi connectivity index (χ1n) is 16.8. The quantitative estimate of drug-likeness (QED) is 0.413. The molecule has 0 N–H and O–H groups in total. The van der Waals surface area contributed by atoms with Crippen LogP contribution in [0.1, 0.15) is 81.8 Å². The lowest BCUT2D eigenvalue weighted by Crippen LogP contribution is -2.50. The van der Waals surface area contributed by atoms with Gasteiger partial charge in [-0.3, -0.25) is 14.5 Å². The number of nitrogens with zero attached hydrogens (tertiary/aromatic N) is 3. The molecule has 46 heavy (non-hydrogen) atoms. The monoisotopic (exact) mass is 655 g/mol. The third-order valence-corrected chi connectivity index (χ3v) is 12.9. The van der Waals surface area contributed by atoms with Gasteiger partial charge in [0.05, 0.1) is 24.4 Å². The zero-order chi connectivity index (χ0) is 32.2. The van der Waals surface area contributed by atoms with E-state index in [0.717, 1.165) is 38.5 Å². The Morgan fingerprint density at radius 2 is 1.83 bits per heavy atom. The van der Waals surface area contributed by atoms with E-state index in [-0.39, 0.29) is 62.1 Å². The summed E-state index contributed by atoms with van der Waals surface area (Å²) in [5.74, 6) is -1.87. The molecule has 1 unspecified atom stereocenters. The first-order valence-corrected chi connectivity index (χ1v) is 18.5. The summed E-state index contributed by atoms with van der Waals surface area (Å²) in [6.07, 6.45) is 9.44. The average Bonchev–Trinajstić information content (AvgIpc) is 3.95. The van der Waals surface area contributed by atoms with Crippen LogP contribution < -0.4 is 0 Å². The largest absolute Gasteiger partial charge is 0.444 e. The van der Waals surface area contributed by atoms with Gasteiger partial charge < -0.3 is 14.5 Å². The fraction of sp³-hybridized carbons (Fsp3) is 0.647. The van der Waals surface area contributed by atoms with Crippen molar-refractivity contribution < 1.29 is 36.7 Å². The van der Waals surface area contributed by atoms with Gasteiger partial charge in [-0.05, 0) is 68.9 Å². The van der Waals surface area contributed by atoms with Crippen LogP contribution in [0.3, 0.4) is 0 Å². The van der Waals surface area contributed by atoms with Crippen molar-refractivity contribution in [2.24, 2.45) is 11.3 Å². The van der Waals surface area contributed by atoms with Crippen molar-refractivity contribution in [3.05, 3.63) is 47.3 Å². The summed E-state index contributed by atoms with van der Waals surface area (Å²) < 4.78 is 45.8. The minimum atomic E-state index is -3.56. The van der Waals surface area contributed by atoms with Crippen LogP contribution in [0.5, 0.6) is 0 Å². The number of allylic oxidation sites excluding steroid dienone is 2. The zero-order valence-electron chi connectivity index (χ0n) is 26.1. The third-order valence-electron chi connectivity index (χ3n) is 10.7. The van der Waals surface area contributed by atoms with Gasteiger partial charge in [-0.15, -0.1) is 0 Å². The van der Waals surface area contributed by atoms with Gasteiger partial charge in [-0.25, -0.2) is 22.4 Å². The number of amides is 3. The van der Waals surface area contributed by atoms with Crippen LogP contribution in [0.4, 0.5) is 14.0 Å². The van der Waals surface area contributed by atoms with Gasteiger partial charge in [0, 0.05) is 43.0 Å². The normalized spacial score (nSPS) is 31.0. The summed E-state index contributed by atoms with van der Waals surface area (Å²) >= 11 is 0. The second-order valence-electron chi connectivity index (χ2n) is 14.2. The lowest BCUT2D eigenvalue weighted by Gasteiger charge is -2.32. The Morgan fingerprint density at radius 1 is 1.02 bits per heavy atom. The highest BCUT2D eigenvalue weighted by Gasteiger charge is 2.61. The number of ketones is 2. The van der Waals surface area contributed by atoms with E-state index >= 15 is 0 Å². The fourth-order valence-electron chi connectivity index (χ4n) is 7.60. The van der Waals surface area contributed by atoms with Crippen LogP contribution in [0, 0.1) is 17.2 Å². The van der Waals surface area contributed by atoms with Gasteiger partial charge in [-0.1, -0.05) is 30.7 Å². The van der Waals surface area contributed by atoms with Crippen molar-refractivity contribution in [2.45, 2.75) is 107 Å². The number of Topliss-reactive ketones (excluding diaryl/α,β-unsaturated/α-hetero) is 2. The van der Waals surface area contributed by atoms with Gasteiger partial charge in [0.1, 0.15) is 17.7 Å². The van der Waals surface area contributed by atoms with Crippen LogP contribution in [-0.4, -0.2) is 89.1 Å². The molecule has 4 atom stereocenters. The third kappa shape index (κ3) is 6.21. The number of carbonyl (C=O) groups excluding carboxylic acids is 4. The molecule has 1 aromatic carbocycles. The van der Waals surface area contributed by atoms with Gasteiger partial charge >= 0.3 is 12.1 Å². The van der Waals surface area contributed by atoms with E-state index in [0.29, 0.717) is 36.9 Å². The van der Waals surface area contributed by atoms with E-state index in [2.05, 4.69) is 0 Å². The molecule has 248 valence electrons. The maximum atomic E-state index is 14.3. The number of ether oxygens (including phenoxy) is 1. The Balaban J connectivity index is 1.12. The Kier molecular flexibility index (Phi) is 8.22. The molecule has 12 heteroatoms. The summed E-state index contributed by atoms with van der Waals surface area (Å²) in [5.41, 5.74) is 0.0738. The summed E-state index contributed by atoms with van der Waals surface area (Å²) in [4.78, 5) is 60.0. The molecular formula is C34H42FN3O7S. The predicted molar refractivity (Wildman–Crippen MR) is 166 cm³/mol. The standard InChI is InChI=1S/C34H42FN3O7S/c35-28-9-6-7-22-18-36(20-27(22)28)33(42)45-25-15-29-30(39)17-34(31(40)21-46(43,44)26-12-13-26)16-23(34)8-4-2-1-3-5-14-37(24-10-11-24)32(41)38(29)19-25/h4,6-9,23-26,29H,1-3,5,10-21H2/b8-4-/t23-,25?,29+,34-/m1/s1. The Labute approximate surface area is 269 Å². The summed E-state index contributed by atoms with van der Waals surface area (Å²) in [7, 11) is -3.56. The number of sulfone groups is 1. The van der Waals surface area contributed by atoms with E-state index in [1.807, 2.05) is 17.1 Å². The molecule has 3 saturated carbocycles. The van der Waals surface area contributed by atoms with Crippen LogP contribution >= 0.6 is 0 Å². The van der Waals surface area contributed by atoms with Gasteiger partial charge in [0.15, 0.2) is 21.4 Å². The first kappa shape index (κ1) is 31.3. The summed E-state index contributed by atoms with van der Waals surface area (Å²) in [6.45, 7) is 0.913. The average molecular weight is 656 g/mol. The summed E-state index contributed by atoms with van der Waals surface area (Å²) in [5, 5.41) is -0.467. The number of hydrogen-bond donors (Lipinski definition) is 0. The highest BCUT2D eigenvalue weighted by Crippen LogP contribution is 2.58. The number of fused-ring (bicyclic) bond motifs is 3. The zero-order valence-corrected chi connectivity index (χ0v) is 26.9. The maximum Gasteiger partial charge on any atom is 0.410 e. The molecule has 10 nitrogen and oxygen atoms in total. The lowest BCUT2D eigenvalue weighted by molar-refractivity contribution is -0.130. The molecule has 3 aliphatic carbocycles. The highest BCUT2D eigenvalue weighted by atomic mass is 32.2. The van der Waals surface area contributed by atoms with Gasteiger partial charge in [0.25, 0.3) is 0 Å². The molecule has 0 spiro atoms. The van der Waals surface area contributed by atoms with Crippen molar-refractivity contribution in [3.8, 4) is 0 Å². The highest BCUT2D eigenvalue weighted by molar-refractivity contribution is 7.93. The predicted octanol–water partition coefficient (Wildman–Crippen LogP) is 4.55. The maximum absolute atomic E-state index is 14.3. The van der Waals surface area contributed by atoms with Crippen LogP contribution in [0.15, 0.2) is 30.4 Å². The van der Waals surface area contributed by atoms with Crippen LogP contribution in [0.25, 0.3) is 0 Å². The topological polar surface area (TPSA) is 121 Å². The Bertz CT molecular complexity index is 1570. The van der Waals surface area contributed by atoms with Crippen molar-refractivity contribution in [1.29, 1.82) is 0 Å². The van der Waals surface area contributed by atoms with Crippen LogP contribution in [-0.2, 0) is 37.3 Å². The van der Waals surface area contributed by atoms with E-state index in [9.17, 15) is 32.0 Å². The van der Waals surface area contributed by atoms with Crippen LogP contribution in [0.2, 0.25) is 0 Å². The molecule has 4 fully saturated rings. The van der Waals surface area contributed by atoms with Crippen molar-refractivity contribution in [2.75, 3.05) is 18.8 Å². The Hall–Kier alpha value is -3.28. The van der Waals surface area contributed by atoms with E-state index in [4.69, 9.17) is 4.74 Å². The fourth-order valence-corrected chi connectivity index (χ4v) is 9.35. The first-order chi connectivity index (χ1) is 22.1. The number of hydrogen-bond acceptors (Lipinski definition) is 7. The second kappa shape index (κ2) is 12.1. The summed E-state index contributed by atoms with van der Waals surface area (Å²) in [6, 6.07) is 3.69. The smallest absolute Gasteiger partial charge is 0.410 e. The lowest BCUT2D eigenvalue weighted by atomic mass is 9.89. The molecule has 0 aromatic heterocycles. The van der Waals surface area contributed by atoms with E-state index < -0.39 is 50.3 Å². The van der Waals surface area contributed by atoms with Crippen molar-refractivity contribution in [3.63, 3.8) is 0 Å². The van der Waals surface area contributed by atoms with E-state index in [1.165, 1.54) is 15.9 Å².